The summed E-state index contributed by atoms with van der Waals surface area (Å²) in [6.45, 7) is 0.150. The van der Waals surface area contributed by atoms with E-state index in [2.05, 4.69) is 29.6 Å². The molecule has 206 valence electrons. The van der Waals surface area contributed by atoms with Crippen molar-refractivity contribution < 1.29 is 28.6 Å². The van der Waals surface area contributed by atoms with Gasteiger partial charge >= 0.3 is 12.1 Å². The minimum Gasteiger partial charge on any atom is -0.488 e. The van der Waals surface area contributed by atoms with E-state index in [1.165, 1.54) is 7.11 Å². The summed E-state index contributed by atoms with van der Waals surface area (Å²) in [6.07, 6.45) is 1.00. The zero-order valence-electron chi connectivity index (χ0n) is 22.3. The third-order valence-corrected chi connectivity index (χ3v) is 8.29. The third kappa shape index (κ3) is 4.78. The summed E-state index contributed by atoms with van der Waals surface area (Å²) < 4.78 is 17.0. The monoisotopic (exact) mass is 540 g/mol. The van der Waals surface area contributed by atoms with Crippen molar-refractivity contribution in [3.63, 3.8) is 0 Å². The predicted molar refractivity (Wildman–Crippen MR) is 148 cm³/mol. The molecule has 0 aromatic heterocycles. The van der Waals surface area contributed by atoms with Crippen LogP contribution in [0, 0.1) is 0 Å². The number of fused-ring (bicyclic) bond motifs is 4. The molecule has 6 rings (SSSR count). The lowest BCUT2D eigenvalue weighted by Gasteiger charge is -2.32. The van der Waals surface area contributed by atoms with Gasteiger partial charge in [-0.25, -0.2) is 9.59 Å². The van der Waals surface area contributed by atoms with Crippen molar-refractivity contribution in [1.29, 1.82) is 0 Å². The molecule has 3 aromatic rings. The maximum absolute atomic E-state index is 13.8. The maximum Gasteiger partial charge on any atom is 0.407 e. The number of alkyl carbamates (subject to hydrolysis) is 1. The minimum absolute atomic E-state index is 0.0849. The first kappa shape index (κ1) is 25.9. The summed E-state index contributed by atoms with van der Waals surface area (Å²) in [5.41, 5.74) is 4.52. The Morgan fingerprint density at radius 3 is 2.17 bits per heavy atom. The Morgan fingerprint density at radius 2 is 1.50 bits per heavy atom. The molecular weight excluding hydrogens is 508 g/mol. The second-order valence-corrected chi connectivity index (χ2v) is 10.5. The Bertz CT molecular complexity index is 1360. The van der Waals surface area contributed by atoms with Crippen LogP contribution in [0.3, 0.4) is 0 Å². The Hall–Kier alpha value is -4.33. The molecule has 2 amide bonds. The van der Waals surface area contributed by atoms with Gasteiger partial charge in [0, 0.05) is 5.92 Å². The molecule has 1 aliphatic carbocycles. The highest BCUT2D eigenvalue weighted by Crippen LogP contribution is 2.44. The van der Waals surface area contributed by atoms with Gasteiger partial charge in [0.05, 0.1) is 13.2 Å². The van der Waals surface area contributed by atoms with Crippen molar-refractivity contribution in [1.82, 2.24) is 10.2 Å². The highest BCUT2D eigenvalue weighted by atomic mass is 16.5. The molecule has 1 N–H and O–H groups in total. The van der Waals surface area contributed by atoms with E-state index in [9.17, 15) is 14.4 Å². The van der Waals surface area contributed by atoms with Gasteiger partial charge in [0.2, 0.25) is 5.91 Å². The molecule has 4 atom stereocenters. The van der Waals surface area contributed by atoms with Gasteiger partial charge in [0.25, 0.3) is 0 Å². The fraction of sp³-hybridized carbons (Fsp3) is 0.344. The summed E-state index contributed by atoms with van der Waals surface area (Å²) in [5, 5.41) is 2.80. The maximum atomic E-state index is 13.8. The van der Waals surface area contributed by atoms with Crippen LogP contribution < -0.4 is 10.1 Å². The van der Waals surface area contributed by atoms with Crippen molar-refractivity contribution in [2.24, 2.45) is 0 Å². The summed E-state index contributed by atoms with van der Waals surface area (Å²) in [6, 6.07) is 23.8. The van der Waals surface area contributed by atoms with E-state index >= 15 is 0 Å². The standard InChI is InChI=1S/C32H32N2O6/c1-38-31(36)28-17-16-27-29(40-20-9-3-2-4-10-20)18-15-26(30(35)34(27)28)33-32(37)39-19-25-23-13-7-5-11-21(23)22-12-6-8-14-24(22)25/h2-14,25-29H,15-19H2,1H3,(H,33,37)/t26-,27-,28-,29+/m0/s1. The van der Waals surface area contributed by atoms with Crippen LogP contribution in [0.4, 0.5) is 4.79 Å². The van der Waals surface area contributed by atoms with Crippen LogP contribution in [0.5, 0.6) is 5.75 Å². The number of ether oxygens (including phenoxy) is 3. The van der Waals surface area contributed by atoms with Crippen LogP contribution in [0.1, 0.15) is 42.7 Å². The number of nitrogens with zero attached hydrogens (tertiary/aromatic N) is 1. The third-order valence-electron chi connectivity index (χ3n) is 8.29. The van der Waals surface area contributed by atoms with E-state index in [1.807, 2.05) is 54.6 Å². The van der Waals surface area contributed by atoms with E-state index in [-0.39, 0.29) is 30.6 Å². The van der Waals surface area contributed by atoms with E-state index in [0.717, 1.165) is 22.3 Å². The average Bonchev–Trinajstić information content (AvgIpc) is 3.54. The van der Waals surface area contributed by atoms with Gasteiger partial charge in [-0.05, 0) is 60.1 Å². The Balaban J connectivity index is 1.17. The van der Waals surface area contributed by atoms with E-state index in [4.69, 9.17) is 14.2 Å². The molecule has 0 radical (unpaired) electrons. The lowest BCUT2D eigenvalue weighted by Crippen LogP contribution is -2.54. The molecule has 2 fully saturated rings. The number of methoxy groups -OCH3 is 1. The fourth-order valence-electron chi connectivity index (χ4n) is 6.44. The molecular formula is C32H32N2O6. The summed E-state index contributed by atoms with van der Waals surface area (Å²) in [7, 11) is 1.32. The van der Waals surface area contributed by atoms with E-state index in [1.54, 1.807) is 4.90 Å². The number of carbonyl (C=O) groups excluding carboxylic acids is 3. The molecule has 40 heavy (non-hydrogen) atoms. The number of nitrogens with one attached hydrogen (secondary N) is 1. The summed E-state index contributed by atoms with van der Waals surface area (Å²) in [5.74, 6) is -0.163. The van der Waals surface area contributed by atoms with Gasteiger partial charge in [0.15, 0.2) is 0 Å². The summed E-state index contributed by atoms with van der Waals surface area (Å²) in [4.78, 5) is 41.0. The molecule has 8 nitrogen and oxygen atoms in total. The quantitative estimate of drug-likeness (QED) is 0.457. The van der Waals surface area contributed by atoms with Crippen LogP contribution in [0.2, 0.25) is 0 Å². The van der Waals surface area contributed by atoms with Crippen LogP contribution in [-0.2, 0) is 19.1 Å². The van der Waals surface area contributed by atoms with E-state index in [0.29, 0.717) is 31.4 Å². The molecule has 2 saturated heterocycles. The molecule has 0 bridgehead atoms. The first-order valence-corrected chi connectivity index (χ1v) is 13.8. The van der Waals surface area contributed by atoms with Crippen molar-refractivity contribution in [2.45, 2.75) is 55.8 Å². The number of hydrogen-bond donors (Lipinski definition) is 1. The SMILES string of the molecule is COC(=O)[C@@H]1CC[C@H]2[C@H](Oc3ccccc3)CC[C@H](NC(=O)OCC3c4ccccc4-c4ccccc43)C(=O)N12. The second-order valence-electron chi connectivity index (χ2n) is 10.5. The van der Waals surface area contributed by atoms with E-state index < -0.39 is 24.1 Å². The molecule has 0 unspecified atom stereocenters. The number of carbonyl (C=O) groups is 3. The molecule has 8 heteroatoms. The van der Waals surface area contributed by atoms with Gasteiger partial charge in [-0.3, -0.25) is 4.79 Å². The predicted octanol–water partition coefficient (Wildman–Crippen LogP) is 4.67. The Labute approximate surface area is 233 Å². The smallest absolute Gasteiger partial charge is 0.407 e. The van der Waals surface area contributed by atoms with Crippen LogP contribution in [0.15, 0.2) is 78.9 Å². The number of benzene rings is 3. The summed E-state index contributed by atoms with van der Waals surface area (Å²) >= 11 is 0. The van der Waals surface area contributed by atoms with Gasteiger partial charge in [0.1, 0.15) is 30.5 Å². The van der Waals surface area contributed by atoms with Crippen molar-refractivity contribution >= 4 is 18.0 Å². The number of hydrogen-bond acceptors (Lipinski definition) is 6. The average molecular weight is 541 g/mol. The van der Waals surface area contributed by atoms with Gasteiger partial charge in [-0.2, -0.15) is 0 Å². The largest absolute Gasteiger partial charge is 0.488 e. The van der Waals surface area contributed by atoms with Crippen molar-refractivity contribution in [3.05, 3.63) is 90.0 Å². The lowest BCUT2D eigenvalue weighted by molar-refractivity contribution is -0.153. The zero-order valence-corrected chi connectivity index (χ0v) is 22.3. The first-order valence-electron chi connectivity index (χ1n) is 13.8. The number of rotatable bonds is 6. The molecule has 3 aliphatic rings. The van der Waals surface area contributed by atoms with Crippen LogP contribution in [0.25, 0.3) is 11.1 Å². The Morgan fingerprint density at radius 1 is 0.850 bits per heavy atom. The van der Waals surface area contributed by atoms with Gasteiger partial charge < -0.3 is 24.4 Å². The fourth-order valence-corrected chi connectivity index (χ4v) is 6.44. The highest BCUT2D eigenvalue weighted by Gasteiger charge is 2.49. The normalized spacial score (nSPS) is 23.4. The number of esters is 1. The van der Waals surface area contributed by atoms with Crippen LogP contribution in [-0.4, -0.2) is 60.8 Å². The molecule has 0 spiro atoms. The number of para-hydroxylation sites is 1. The minimum atomic E-state index is -0.840. The number of amides is 2. The van der Waals surface area contributed by atoms with Gasteiger partial charge in [-0.1, -0.05) is 66.7 Å². The Kier molecular flexibility index (Phi) is 7.15. The van der Waals surface area contributed by atoms with Crippen molar-refractivity contribution in [3.8, 4) is 16.9 Å². The molecule has 0 saturated carbocycles. The first-order chi connectivity index (χ1) is 19.5. The van der Waals surface area contributed by atoms with Crippen LogP contribution >= 0.6 is 0 Å². The van der Waals surface area contributed by atoms with Crippen molar-refractivity contribution in [2.75, 3.05) is 13.7 Å². The molecule has 2 aliphatic heterocycles. The second kappa shape index (κ2) is 11.0. The zero-order chi connectivity index (χ0) is 27.6. The molecule has 2 heterocycles. The molecule has 3 aromatic carbocycles. The topological polar surface area (TPSA) is 94.2 Å². The highest BCUT2D eigenvalue weighted by molar-refractivity contribution is 5.91. The lowest BCUT2D eigenvalue weighted by atomic mass is 9.98. The van der Waals surface area contributed by atoms with Gasteiger partial charge in [-0.15, -0.1) is 0 Å².